The summed E-state index contributed by atoms with van der Waals surface area (Å²) in [6, 6.07) is 11.9. The van der Waals surface area contributed by atoms with Crippen LogP contribution in [-0.2, 0) is 16.9 Å². The van der Waals surface area contributed by atoms with Crippen LogP contribution in [0.4, 0.5) is 4.79 Å². The number of hydrogen-bond acceptors (Lipinski definition) is 4. The van der Waals surface area contributed by atoms with Gasteiger partial charge < -0.3 is 9.73 Å². The second-order valence-electron chi connectivity index (χ2n) is 5.63. The third-order valence-corrected chi connectivity index (χ3v) is 3.97. The van der Waals surface area contributed by atoms with Crippen LogP contribution < -0.4 is 5.32 Å². The highest BCUT2D eigenvalue weighted by atomic mass is 16.3. The Balaban J connectivity index is 1.92. The van der Waals surface area contributed by atoms with Crippen LogP contribution in [-0.4, -0.2) is 16.8 Å². The lowest BCUT2D eigenvalue weighted by molar-refractivity contribution is -0.132. The molecule has 0 bridgehead atoms. The molecule has 0 radical (unpaired) electrons. The number of furan rings is 1. The van der Waals surface area contributed by atoms with Crippen molar-refractivity contribution >= 4 is 11.9 Å². The van der Waals surface area contributed by atoms with E-state index in [4.69, 9.17) is 9.68 Å². The first-order chi connectivity index (χ1) is 11.0. The molecule has 0 aliphatic carbocycles. The van der Waals surface area contributed by atoms with Gasteiger partial charge in [-0.05, 0) is 37.6 Å². The van der Waals surface area contributed by atoms with E-state index in [9.17, 15) is 9.59 Å². The molecule has 1 saturated heterocycles. The summed E-state index contributed by atoms with van der Waals surface area (Å²) in [5.41, 5.74) is -0.165. The minimum atomic E-state index is -1.23. The first-order valence-corrected chi connectivity index (χ1v) is 7.15. The van der Waals surface area contributed by atoms with Gasteiger partial charge in [-0.3, -0.25) is 9.69 Å². The summed E-state index contributed by atoms with van der Waals surface area (Å²) < 4.78 is 5.52. The van der Waals surface area contributed by atoms with Crippen molar-refractivity contribution in [2.24, 2.45) is 0 Å². The van der Waals surface area contributed by atoms with E-state index in [2.05, 4.69) is 11.4 Å². The molecule has 0 saturated carbocycles. The molecule has 2 aromatic rings. The molecule has 0 unspecified atom stereocenters. The van der Waals surface area contributed by atoms with Crippen LogP contribution in [0.15, 0.2) is 40.8 Å². The molecule has 1 N–H and O–H groups in total. The van der Waals surface area contributed by atoms with Crippen LogP contribution in [0, 0.1) is 18.3 Å². The fourth-order valence-electron chi connectivity index (χ4n) is 2.65. The predicted octanol–water partition coefficient (Wildman–Crippen LogP) is 2.43. The lowest BCUT2D eigenvalue weighted by Gasteiger charge is -2.19. The van der Waals surface area contributed by atoms with Gasteiger partial charge in [0.05, 0.1) is 18.2 Å². The van der Waals surface area contributed by atoms with Crippen molar-refractivity contribution in [3.8, 4) is 6.07 Å². The zero-order chi connectivity index (χ0) is 16.6. The number of aryl methyl sites for hydroxylation is 1. The van der Waals surface area contributed by atoms with Gasteiger partial charge in [-0.15, -0.1) is 0 Å². The first-order valence-electron chi connectivity index (χ1n) is 7.15. The van der Waals surface area contributed by atoms with E-state index >= 15 is 0 Å². The molecule has 23 heavy (non-hydrogen) atoms. The van der Waals surface area contributed by atoms with Gasteiger partial charge in [0.2, 0.25) is 0 Å². The summed E-state index contributed by atoms with van der Waals surface area (Å²) in [7, 11) is 0. The number of urea groups is 1. The van der Waals surface area contributed by atoms with Crippen molar-refractivity contribution in [3.63, 3.8) is 0 Å². The fourth-order valence-corrected chi connectivity index (χ4v) is 2.65. The van der Waals surface area contributed by atoms with E-state index in [0.717, 1.165) is 4.90 Å². The highest BCUT2D eigenvalue weighted by molar-refractivity contribution is 6.06. The third kappa shape index (κ3) is 2.36. The van der Waals surface area contributed by atoms with E-state index in [0.29, 0.717) is 22.6 Å². The Labute approximate surface area is 133 Å². The molecule has 1 atom stereocenters. The lowest BCUT2D eigenvalue weighted by Crippen LogP contribution is -2.40. The Bertz CT molecular complexity index is 834. The molecule has 3 amide bonds. The summed E-state index contributed by atoms with van der Waals surface area (Å²) in [5.74, 6) is 0.658. The molecule has 0 spiro atoms. The molecule has 6 nitrogen and oxygen atoms in total. The zero-order valence-electron chi connectivity index (χ0n) is 12.8. The number of nitrogens with one attached hydrogen (secondary N) is 1. The van der Waals surface area contributed by atoms with Crippen LogP contribution in [0.2, 0.25) is 0 Å². The van der Waals surface area contributed by atoms with Gasteiger partial charge in [0.25, 0.3) is 5.91 Å². The minimum absolute atomic E-state index is 0.0453. The molecule has 1 aromatic carbocycles. The molecule has 3 rings (SSSR count). The monoisotopic (exact) mass is 309 g/mol. The summed E-state index contributed by atoms with van der Waals surface area (Å²) in [6.45, 7) is 3.43. The fraction of sp³-hybridized carbons (Fsp3) is 0.235. The van der Waals surface area contributed by atoms with Gasteiger partial charge in [0.1, 0.15) is 11.5 Å². The van der Waals surface area contributed by atoms with E-state index < -0.39 is 17.5 Å². The maximum Gasteiger partial charge on any atom is 0.325 e. The van der Waals surface area contributed by atoms with Gasteiger partial charge >= 0.3 is 6.03 Å². The molecule has 1 aliphatic heterocycles. The van der Waals surface area contributed by atoms with Crippen LogP contribution >= 0.6 is 0 Å². The summed E-state index contributed by atoms with van der Waals surface area (Å²) >= 11 is 0. The molecule has 1 fully saturated rings. The number of amides is 3. The van der Waals surface area contributed by atoms with Gasteiger partial charge in [-0.2, -0.15) is 5.26 Å². The van der Waals surface area contributed by atoms with Crippen LogP contribution in [0.5, 0.6) is 0 Å². The van der Waals surface area contributed by atoms with E-state index in [1.165, 1.54) is 0 Å². The Hall–Kier alpha value is -3.07. The Morgan fingerprint density at radius 3 is 2.65 bits per heavy atom. The highest BCUT2D eigenvalue weighted by Crippen LogP contribution is 2.31. The third-order valence-electron chi connectivity index (χ3n) is 3.97. The Morgan fingerprint density at radius 1 is 1.26 bits per heavy atom. The normalized spacial score (nSPS) is 20.5. The van der Waals surface area contributed by atoms with Gasteiger partial charge in [0.15, 0.2) is 5.54 Å². The maximum absolute atomic E-state index is 12.8. The summed E-state index contributed by atoms with van der Waals surface area (Å²) in [6.07, 6.45) is 0. The number of carbonyl (C=O) groups is 2. The zero-order valence-corrected chi connectivity index (χ0v) is 12.8. The highest BCUT2D eigenvalue weighted by Gasteiger charge is 2.51. The summed E-state index contributed by atoms with van der Waals surface area (Å²) in [4.78, 5) is 26.1. The first kappa shape index (κ1) is 14.9. The smallest absolute Gasteiger partial charge is 0.325 e. The number of nitrogens with zero attached hydrogens (tertiary/aromatic N) is 2. The molecular formula is C17H15N3O3. The maximum atomic E-state index is 12.8. The number of carbonyl (C=O) groups excluding carboxylic acids is 2. The SMILES string of the molecule is Cc1ccc([C@@]2(C)NC(=O)N(Cc3ccccc3C#N)C2=O)o1. The van der Waals surface area contributed by atoms with E-state index in [1.807, 2.05) is 0 Å². The van der Waals surface area contributed by atoms with Crippen molar-refractivity contribution in [2.75, 3.05) is 0 Å². The van der Waals surface area contributed by atoms with Crippen LogP contribution in [0.1, 0.15) is 29.6 Å². The largest absolute Gasteiger partial charge is 0.463 e. The second-order valence-corrected chi connectivity index (χ2v) is 5.63. The molecule has 1 aromatic heterocycles. The average molecular weight is 309 g/mol. The van der Waals surface area contributed by atoms with Crippen molar-refractivity contribution < 1.29 is 14.0 Å². The molecular weight excluding hydrogens is 294 g/mol. The number of nitriles is 1. The lowest BCUT2D eigenvalue weighted by atomic mass is 9.99. The quantitative estimate of drug-likeness (QED) is 0.882. The molecule has 6 heteroatoms. The Morgan fingerprint density at radius 2 is 2.00 bits per heavy atom. The Kier molecular flexibility index (Phi) is 3.41. The van der Waals surface area contributed by atoms with E-state index in [1.54, 1.807) is 50.2 Å². The second kappa shape index (κ2) is 5.29. The topological polar surface area (TPSA) is 86.3 Å². The van der Waals surface area contributed by atoms with Crippen molar-refractivity contribution in [1.29, 1.82) is 5.26 Å². The molecule has 1 aliphatic rings. The van der Waals surface area contributed by atoms with Gasteiger partial charge in [-0.25, -0.2) is 4.79 Å². The van der Waals surface area contributed by atoms with Gasteiger partial charge in [-0.1, -0.05) is 18.2 Å². The number of benzene rings is 1. The van der Waals surface area contributed by atoms with E-state index in [-0.39, 0.29) is 6.54 Å². The standard InChI is InChI=1S/C17H15N3O3/c1-11-7-8-14(23-11)17(2)15(21)20(16(22)19-17)10-13-6-4-3-5-12(13)9-18/h3-8H,10H2,1-2H3,(H,19,22)/t17-/m1/s1. The predicted molar refractivity (Wildman–Crippen MR) is 81.0 cm³/mol. The number of hydrogen-bond donors (Lipinski definition) is 1. The minimum Gasteiger partial charge on any atom is -0.463 e. The summed E-state index contributed by atoms with van der Waals surface area (Å²) in [5, 5.41) is 11.8. The molecule has 116 valence electrons. The van der Waals surface area contributed by atoms with Crippen LogP contribution in [0.3, 0.4) is 0 Å². The van der Waals surface area contributed by atoms with Gasteiger partial charge in [0, 0.05) is 0 Å². The number of imide groups is 1. The average Bonchev–Trinajstić information content (AvgIpc) is 3.06. The molecule has 2 heterocycles. The number of rotatable bonds is 3. The van der Waals surface area contributed by atoms with Crippen molar-refractivity contribution in [3.05, 3.63) is 59.0 Å². The van der Waals surface area contributed by atoms with Crippen molar-refractivity contribution in [2.45, 2.75) is 25.9 Å². The van der Waals surface area contributed by atoms with Crippen molar-refractivity contribution in [1.82, 2.24) is 10.2 Å². The van der Waals surface area contributed by atoms with Crippen LogP contribution in [0.25, 0.3) is 0 Å².